The molecule has 1 aliphatic heterocycles. The van der Waals surface area contributed by atoms with Gasteiger partial charge in [-0.2, -0.15) is 13.2 Å². The number of nitrogens with one attached hydrogen (secondary N) is 2. The lowest BCUT2D eigenvalue weighted by Crippen LogP contribution is -2.20. The van der Waals surface area contributed by atoms with E-state index < -0.39 is 29.3 Å². The second-order valence-electron chi connectivity index (χ2n) is 8.61. The number of anilines is 3. The van der Waals surface area contributed by atoms with Gasteiger partial charge in [-0.25, -0.2) is 14.2 Å². The van der Waals surface area contributed by atoms with Gasteiger partial charge >= 0.3 is 12.2 Å². The molecule has 0 saturated carbocycles. The largest absolute Gasteiger partial charge is 0.491 e. The summed E-state index contributed by atoms with van der Waals surface area (Å²) >= 11 is 4.40. The number of amides is 2. The Morgan fingerprint density at radius 3 is 2.53 bits per heavy atom. The van der Waals surface area contributed by atoms with Crippen LogP contribution in [0.1, 0.15) is 22.6 Å². The smallest absolute Gasteiger partial charge is 0.416 e. The molecule has 6 nitrogen and oxygen atoms in total. The third-order valence-corrected chi connectivity index (χ3v) is 6.39. The van der Waals surface area contributed by atoms with E-state index in [0.29, 0.717) is 42.1 Å². The van der Waals surface area contributed by atoms with Crippen molar-refractivity contribution in [2.45, 2.75) is 17.0 Å². The quantitative estimate of drug-likeness (QED) is 0.167. The molecule has 4 N–H and O–H groups in total. The van der Waals surface area contributed by atoms with E-state index in [-0.39, 0.29) is 5.92 Å². The SMILES string of the molecule is Nc1ncc(-c2cccc(S)c2)c2c1C(c1ccc(NC(=O)Nc3cc(C(F)(F)F)ccc3F)cc1)CO2. The molecule has 5 rings (SSSR count). The van der Waals surface area contributed by atoms with Crippen LogP contribution in [0.5, 0.6) is 5.75 Å². The molecule has 0 saturated heterocycles. The molecule has 1 atom stereocenters. The Morgan fingerprint density at radius 1 is 1.05 bits per heavy atom. The third kappa shape index (κ3) is 5.10. The standard InChI is InChI=1S/C27H20F4N4O2S/c28-21-9-6-16(27(29,30)31)11-22(21)35-26(36)34-17-7-4-14(5-8-17)20-13-37-24-19(12-33-25(32)23(20)24)15-2-1-3-18(38)10-15/h1-12,20,38H,13H2,(H2,32,33)(H2,34,35,36). The highest BCUT2D eigenvalue weighted by atomic mass is 32.1. The van der Waals surface area contributed by atoms with Crippen LogP contribution in [-0.4, -0.2) is 17.6 Å². The first-order valence-electron chi connectivity index (χ1n) is 11.4. The summed E-state index contributed by atoms with van der Waals surface area (Å²) in [5.74, 6) is -0.210. The van der Waals surface area contributed by atoms with Crippen molar-refractivity contribution in [3.8, 4) is 16.9 Å². The highest BCUT2D eigenvalue weighted by molar-refractivity contribution is 7.80. The van der Waals surface area contributed by atoms with Gasteiger partial charge in [-0.1, -0.05) is 24.3 Å². The maximum Gasteiger partial charge on any atom is 0.416 e. The molecule has 11 heteroatoms. The molecule has 0 fully saturated rings. The third-order valence-electron chi connectivity index (χ3n) is 6.11. The van der Waals surface area contributed by atoms with E-state index in [9.17, 15) is 22.4 Å². The summed E-state index contributed by atoms with van der Waals surface area (Å²) in [4.78, 5) is 17.5. The zero-order chi connectivity index (χ0) is 27.0. The van der Waals surface area contributed by atoms with E-state index in [0.717, 1.165) is 27.1 Å². The van der Waals surface area contributed by atoms with Crippen LogP contribution < -0.4 is 21.1 Å². The average molecular weight is 541 g/mol. The molecular weight excluding hydrogens is 520 g/mol. The van der Waals surface area contributed by atoms with Gasteiger partial charge in [0, 0.05) is 27.9 Å². The average Bonchev–Trinajstić information content (AvgIpc) is 3.31. The first-order valence-corrected chi connectivity index (χ1v) is 11.8. The monoisotopic (exact) mass is 540 g/mol. The molecule has 1 aromatic heterocycles. The summed E-state index contributed by atoms with van der Waals surface area (Å²) in [6, 6.07) is 15.3. The fraction of sp³-hybridized carbons (Fsp3) is 0.111. The number of fused-ring (bicyclic) bond motifs is 1. The molecule has 3 aromatic carbocycles. The number of alkyl halides is 3. The van der Waals surface area contributed by atoms with Crippen molar-refractivity contribution in [2.75, 3.05) is 23.0 Å². The van der Waals surface area contributed by atoms with Crippen molar-refractivity contribution < 1.29 is 27.1 Å². The number of aromatic nitrogens is 1. The second kappa shape index (κ2) is 9.90. The van der Waals surface area contributed by atoms with Crippen molar-refractivity contribution in [3.05, 3.63) is 95.4 Å². The fourth-order valence-electron chi connectivity index (χ4n) is 4.29. The second-order valence-corrected chi connectivity index (χ2v) is 9.12. The van der Waals surface area contributed by atoms with Crippen molar-refractivity contribution in [3.63, 3.8) is 0 Å². The van der Waals surface area contributed by atoms with Crippen LogP contribution in [0.4, 0.5) is 39.5 Å². The van der Waals surface area contributed by atoms with E-state index in [1.165, 1.54) is 0 Å². The maximum atomic E-state index is 14.0. The molecule has 1 unspecified atom stereocenters. The molecular formula is C27H20F4N4O2S. The fourth-order valence-corrected chi connectivity index (χ4v) is 4.51. The predicted molar refractivity (Wildman–Crippen MR) is 139 cm³/mol. The first-order chi connectivity index (χ1) is 18.1. The molecule has 2 amide bonds. The Labute approximate surface area is 220 Å². The van der Waals surface area contributed by atoms with Crippen molar-refractivity contribution in [1.29, 1.82) is 0 Å². The number of pyridine rings is 1. The summed E-state index contributed by atoms with van der Waals surface area (Å²) in [5, 5.41) is 4.60. The van der Waals surface area contributed by atoms with E-state index in [4.69, 9.17) is 10.5 Å². The van der Waals surface area contributed by atoms with Gasteiger partial charge in [-0.15, -0.1) is 12.6 Å². The number of hydrogen-bond acceptors (Lipinski definition) is 5. The first kappa shape index (κ1) is 25.4. The van der Waals surface area contributed by atoms with Crippen LogP contribution in [0.2, 0.25) is 0 Å². The number of nitrogens with zero attached hydrogens (tertiary/aromatic N) is 1. The van der Waals surface area contributed by atoms with Crippen LogP contribution >= 0.6 is 12.6 Å². The molecule has 2 heterocycles. The van der Waals surface area contributed by atoms with Crippen LogP contribution in [0.3, 0.4) is 0 Å². The number of halogens is 4. The number of benzene rings is 3. The van der Waals surface area contributed by atoms with Gasteiger partial charge in [-0.05, 0) is 53.6 Å². The number of rotatable bonds is 4. The minimum atomic E-state index is -4.67. The number of carbonyl (C=O) groups excluding carboxylic acids is 1. The van der Waals surface area contributed by atoms with Gasteiger partial charge in [-0.3, -0.25) is 0 Å². The van der Waals surface area contributed by atoms with E-state index in [1.807, 2.05) is 24.3 Å². The van der Waals surface area contributed by atoms with Crippen LogP contribution in [0, 0.1) is 5.82 Å². The Balaban J connectivity index is 1.33. The number of ether oxygens (including phenoxy) is 1. The molecule has 0 spiro atoms. The van der Waals surface area contributed by atoms with Gasteiger partial charge in [0.15, 0.2) is 0 Å². The maximum absolute atomic E-state index is 14.0. The number of nitrogens with two attached hydrogens (primary N) is 1. The lowest BCUT2D eigenvalue weighted by Gasteiger charge is -2.14. The summed E-state index contributed by atoms with van der Waals surface area (Å²) in [6.45, 7) is 0.334. The highest BCUT2D eigenvalue weighted by Crippen LogP contribution is 2.46. The van der Waals surface area contributed by atoms with Crippen LogP contribution in [-0.2, 0) is 6.18 Å². The van der Waals surface area contributed by atoms with E-state index in [1.54, 1.807) is 30.5 Å². The molecule has 0 aliphatic carbocycles. The molecule has 38 heavy (non-hydrogen) atoms. The Hall–Kier alpha value is -4.25. The van der Waals surface area contributed by atoms with Crippen LogP contribution in [0.25, 0.3) is 11.1 Å². The summed E-state index contributed by atoms with van der Waals surface area (Å²) < 4.78 is 58.7. The van der Waals surface area contributed by atoms with Gasteiger partial charge in [0.2, 0.25) is 0 Å². The molecule has 0 bridgehead atoms. The van der Waals surface area contributed by atoms with Gasteiger partial charge < -0.3 is 21.1 Å². The van der Waals surface area contributed by atoms with Crippen molar-refractivity contribution in [1.82, 2.24) is 4.98 Å². The lowest BCUT2D eigenvalue weighted by atomic mass is 9.91. The van der Waals surface area contributed by atoms with E-state index in [2.05, 4.69) is 28.2 Å². The number of nitrogen functional groups attached to an aromatic ring is 1. The Bertz CT molecular complexity index is 1530. The zero-order valence-electron chi connectivity index (χ0n) is 19.5. The zero-order valence-corrected chi connectivity index (χ0v) is 20.4. The summed E-state index contributed by atoms with van der Waals surface area (Å²) in [7, 11) is 0. The Morgan fingerprint density at radius 2 is 1.82 bits per heavy atom. The van der Waals surface area contributed by atoms with E-state index >= 15 is 0 Å². The highest BCUT2D eigenvalue weighted by Gasteiger charge is 2.32. The summed E-state index contributed by atoms with van der Waals surface area (Å²) in [6.07, 6.45) is -3.01. The van der Waals surface area contributed by atoms with Crippen molar-refractivity contribution >= 4 is 35.9 Å². The minimum Gasteiger partial charge on any atom is -0.491 e. The number of urea groups is 1. The van der Waals surface area contributed by atoms with Gasteiger partial charge in [0.25, 0.3) is 0 Å². The lowest BCUT2D eigenvalue weighted by molar-refractivity contribution is -0.137. The normalized spacial score (nSPS) is 14.5. The topological polar surface area (TPSA) is 89.3 Å². The minimum absolute atomic E-state index is 0.210. The molecule has 0 radical (unpaired) electrons. The molecule has 194 valence electrons. The molecule has 1 aliphatic rings. The van der Waals surface area contributed by atoms with Gasteiger partial charge in [0.05, 0.1) is 23.8 Å². The van der Waals surface area contributed by atoms with Gasteiger partial charge in [0.1, 0.15) is 17.4 Å². The number of hydrogen-bond donors (Lipinski definition) is 4. The molecule has 4 aromatic rings. The summed E-state index contributed by atoms with van der Waals surface area (Å²) in [5.41, 5.74) is 8.21. The predicted octanol–water partition coefficient (Wildman–Crippen LogP) is 6.95. The number of thiol groups is 1. The number of carbonyl (C=O) groups is 1. The Kier molecular flexibility index (Phi) is 6.62. The van der Waals surface area contributed by atoms with Crippen molar-refractivity contribution in [2.24, 2.45) is 0 Å². The van der Waals surface area contributed by atoms with Crippen LogP contribution in [0.15, 0.2) is 77.8 Å².